The van der Waals surface area contributed by atoms with Crippen molar-refractivity contribution in [1.82, 2.24) is 20.4 Å². The predicted octanol–water partition coefficient (Wildman–Crippen LogP) is 1.11. The third-order valence-corrected chi connectivity index (χ3v) is 5.81. The summed E-state index contributed by atoms with van der Waals surface area (Å²) in [5.41, 5.74) is 2.08. The van der Waals surface area contributed by atoms with Crippen molar-refractivity contribution in [3.05, 3.63) is 48.3 Å². The number of hydrogen-bond donors (Lipinski definition) is 2. The zero-order valence-electron chi connectivity index (χ0n) is 14.2. The van der Waals surface area contributed by atoms with Crippen LogP contribution < -0.4 is 10.6 Å². The molecule has 3 rings (SSSR count). The molecular formula is C17H23N5O2S. The molecule has 0 amide bonds. The maximum Gasteiger partial charge on any atom is 0.191 e. The van der Waals surface area contributed by atoms with Gasteiger partial charge in [-0.15, -0.1) is 0 Å². The van der Waals surface area contributed by atoms with Gasteiger partial charge in [0.1, 0.15) is 0 Å². The zero-order valence-corrected chi connectivity index (χ0v) is 15.0. The monoisotopic (exact) mass is 361 g/mol. The number of rotatable bonds is 5. The molecule has 1 fully saturated rings. The van der Waals surface area contributed by atoms with Crippen LogP contribution in [0.15, 0.2) is 47.7 Å². The highest BCUT2D eigenvalue weighted by atomic mass is 32.2. The summed E-state index contributed by atoms with van der Waals surface area (Å²) in [6.07, 6.45) is 4.27. The Balaban J connectivity index is 1.63. The average Bonchev–Trinajstić information content (AvgIpc) is 3.23. The van der Waals surface area contributed by atoms with Gasteiger partial charge in [0.25, 0.3) is 0 Å². The quantitative estimate of drug-likeness (QED) is 0.615. The van der Waals surface area contributed by atoms with Gasteiger partial charge in [0.05, 0.1) is 23.7 Å². The van der Waals surface area contributed by atoms with Crippen LogP contribution >= 0.6 is 0 Å². The van der Waals surface area contributed by atoms with Crippen molar-refractivity contribution in [3.63, 3.8) is 0 Å². The van der Waals surface area contributed by atoms with Crippen LogP contribution in [-0.4, -0.2) is 48.3 Å². The van der Waals surface area contributed by atoms with Gasteiger partial charge in [0.15, 0.2) is 15.8 Å². The largest absolute Gasteiger partial charge is 0.357 e. The van der Waals surface area contributed by atoms with Crippen LogP contribution in [0.25, 0.3) is 5.69 Å². The molecule has 0 aliphatic carbocycles. The molecule has 0 bridgehead atoms. The van der Waals surface area contributed by atoms with Gasteiger partial charge in [-0.3, -0.25) is 0 Å². The molecule has 2 aromatic rings. The van der Waals surface area contributed by atoms with Crippen LogP contribution in [0.2, 0.25) is 0 Å². The van der Waals surface area contributed by atoms with Crippen LogP contribution in [0, 0.1) is 0 Å². The molecule has 8 heteroatoms. The first-order valence-corrected chi connectivity index (χ1v) is 10.2. The SMILES string of the molecule is CCNC(=NCc1ccc(-n2cccn2)cc1)NC1CCS(=O)(=O)C1. The van der Waals surface area contributed by atoms with Gasteiger partial charge >= 0.3 is 0 Å². The minimum Gasteiger partial charge on any atom is -0.357 e. The lowest BCUT2D eigenvalue weighted by Crippen LogP contribution is -2.44. The Hall–Kier alpha value is -2.35. The van der Waals surface area contributed by atoms with E-state index in [1.807, 2.05) is 43.5 Å². The number of aliphatic imine (C=N–C) groups is 1. The van der Waals surface area contributed by atoms with Gasteiger partial charge in [0.2, 0.25) is 0 Å². The van der Waals surface area contributed by atoms with Gasteiger partial charge < -0.3 is 10.6 Å². The average molecular weight is 361 g/mol. The lowest BCUT2D eigenvalue weighted by molar-refractivity contribution is 0.599. The van der Waals surface area contributed by atoms with E-state index < -0.39 is 9.84 Å². The van der Waals surface area contributed by atoms with E-state index in [9.17, 15) is 8.42 Å². The van der Waals surface area contributed by atoms with E-state index in [1.54, 1.807) is 10.9 Å². The van der Waals surface area contributed by atoms with E-state index in [1.165, 1.54) is 0 Å². The Labute approximate surface area is 148 Å². The van der Waals surface area contributed by atoms with Crippen molar-refractivity contribution in [3.8, 4) is 5.69 Å². The fourth-order valence-corrected chi connectivity index (χ4v) is 4.44. The fourth-order valence-electron chi connectivity index (χ4n) is 2.77. The summed E-state index contributed by atoms with van der Waals surface area (Å²) in [6, 6.07) is 9.86. The van der Waals surface area contributed by atoms with Crippen molar-refractivity contribution in [2.75, 3.05) is 18.1 Å². The molecule has 7 nitrogen and oxygen atoms in total. The van der Waals surface area contributed by atoms with Crippen molar-refractivity contribution < 1.29 is 8.42 Å². The Kier molecular flexibility index (Phi) is 5.37. The molecule has 1 unspecified atom stereocenters. The molecular weight excluding hydrogens is 338 g/mol. The fraction of sp³-hybridized carbons (Fsp3) is 0.412. The molecule has 1 aromatic carbocycles. The summed E-state index contributed by atoms with van der Waals surface area (Å²) in [7, 11) is -2.90. The number of sulfone groups is 1. The summed E-state index contributed by atoms with van der Waals surface area (Å²) < 4.78 is 25.0. The first-order valence-electron chi connectivity index (χ1n) is 8.40. The molecule has 1 saturated heterocycles. The summed E-state index contributed by atoms with van der Waals surface area (Å²) >= 11 is 0. The maximum absolute atomic E-state index is 11.6. The highest BCUT2D eigenvalue weighted by Gasteiger charge is 2.28. The summed E-state index contributed by atoms with van der Waals surface area (Å²) in [4.78, 5) is 4.56. The Bertz CT molecular complexity index is 813. The molecule has 1 aliphatic heterocycles. The lowest BCUT2D eigenvalue weighted by Gasteiger charge is -2.15. The van der Waals surface area contributed by atoms with Crippen LogP contribution in [-0.2, 0) is 16.4 Å². The van der Waals surface area contributed by atoms with Crippen molar-refractivity contribution in [2.45, 2.75) is 25.9 Å². The van der Waals surface area contributed by atoms with E-state index in [4.69, 9.17) is 0 Å². The van der Waals surface area contributed by atoms with E-state index >= 15 is 0 Å². The second-order valence-electron chi connectivity index (χ2n) is 6.06. The molecule has 134 valence electrons. The van der Waals surface area contributed by atoms with Gasteiger partial charge in [-0.1, -0.05) is 12.1 Å². The van der Waals surface area contributed by atoms with Crippen LogP contribution in [0.5, 0.6) is 0 Å². The third kappa shape index (κ3) is 4.82. The summed E-state index contributed by atoms with van der Waals surface area (Å²) in [6.45, 7) is 3.24. The number of guanidine groups is 1. The Morgan fingerprint density at radius 1 is 1.36 bits per heavy atom. The minimum atomic E-state index is -2.90. The second kappa shape index (κ2) is 7.69. The van der Waals surface area contributed by atoms with Crippen molar-refractivity contribution >= 4 is 15.8 Å². The maximum atomic E-state index is 11.6. The first-order chi connectivity index (χ1) is 12.1. The first kappa shape index (κ1) is 17.5. The number of aromatic nitrogens is 2. The minimum absolute atomic E-state index is 0.0648. The topological polar surface area (TPSA) is 88.4 Å². The smallest absolute Gasteiger partial charge is 0.191 e. The van der Waals surface area contributed by atoms with Gasteiger partial charge in [0, 0.05) is 25.0 Å². The Morgan fingerprint density at radius 2 is 2.16 bits per heavy atom. The molecule has 1 aliphatic rings. The van der Waals surface area contributed by atoms with Crippen molar-refractivity contribution in [2.24, 2.45) is 4.99 Å². The normalized spacial score (nSPS) is 19.7. The number of benzene rings is 1. The van der Waals surface area contributed by atoms with Gasteiger partial charge in [-0.05, 0) is 37.1 Å². The predicted molar refractivity (Wildman–Crippen MR) is 98.6 cm³/mol. The molecule has 2 N–H and O–H groups in total. The summed E-state index contributed by atoms with van der Waals surface area (Å²) in [5.74, 6) is 1.08. The van der Waals surface area contributed by atoms with Crippen molar-refractivity contribution in [1.29, 1.82) is 0 Å². The van der Waals surface area contributed by atoms with E-state index in [0.717, 1.165) is 17.8 Å². The Morgan fingerprint density at radius 3 is 2.76 bits per heavy atom. The molecule has 2 heterocycles. The second-order valence-corrected chi connectivity index (χ2v) is 8.29. The van der Waals surface area contributed by atoms with Crippen LogP contribution in [0.1, 0.15) is 18.9 Å². The standard InChI is InChI=1S/C17H23N5O2S/c1-2-18-17(21-15-8-11-25(23,24)13-15)19-12-14-4-6-16(7-5-14)22-10-3-9-20-22/h3-7,9-10,15H,2,8,11-13H2,1H3,(H2,18,19,21). The molecule has 1 aromatic heterocycles. The van der Waals surface area contributed by atoms with Crippen LogP contribution in [0.4, 0.5) is 0 Å². The van der Waals surface area contributed by atoms with E-state index in [-0.39, 0.29) is 17.5 Å². The highest BCUT2D eigenvalue weighted by Crippen LogP contribution is 2.12. The molecule has 1 atom stereocenters. The molecule has 25 heavy (non-hydrogen) atoms. The van der Waals surface area contributed by atoms with Gasteiger partial charge in [-0.25, -0.2) is 18.1 Å². The zero-order chi connectivity index (χ0) is 17.7. The van der Waals surface area contributed by atoms with E-state index in [0.29, 0.717) is 18.9 Å². The molecule has 0 radical (unpaired) electrons. The summed E-state index contributed by atoms with van der Waals surface area (Å²) in [5, 5.41) is 10.6. The third-order valence-electron chi connectivity index (χ3n) is 4.04. The highest BCUT2D eigenvalue weighted by molar-refractivity contribution is 7.91. The van der Waals surface area contributed by atoms with Gasteiger partial charge in [-0.2, -0.15) is 5.10 Å². The lowest BCUT2D eigenvalue weighted by atomic mass is 10.2. The van der Waals surface area contributed by atoms with E-state index in [2.05, 4.69) is 20.7 Å². The number of nitrogens with zero attached hydrogens (tertiary/aromatic N) is 3. The number of hydrogen-bond acceptors (Lipinski definition) is 4. The molecule has 0 saturated carbocycles. The van der Waals surface area contributed by atoms with Crippen LogP contribution in [0.3, 0.4) is 0 Å². The number of nitrogens with one attached hydrogen (secondary N) is 2. The molecule has 0 spiro atoms.